The molecule has 2 rings (SSSR count). The molecule has 0 atom stereocenters. The van der Waals surface area contributed by atoms with E-state index in [1.54, 1.807) is 24.4 Å². The van der Waals surface area contributed by atoms with E-state index in [2.05, 4.69) is 9.72 Å². The molecule has 0 aliphatic rings. The molecule has 5 nitrogen and oxygen atoms in total. The van der Waals surface area contributed by atoms with Crippen molar-refractivity contribution in [2.75, 3.05) is 19.5 Å². The Morgan fingerprint density at radius 2 is 2.15 bits per heavy atom. The van der Waals surface area contributed by atoms with Gasteiger partial charge >= 0.3 is 5.97 Å². The van der Waals surface area contributed by atoms with Gasteiger partial charge in [0.05, 0.1) is 25.0 Å². The number of esters is 1. The molecule has 1 heterocycles. The quantitative estimate of drug-likeness (QED) is 0.666. The van der Waals surface area contributed by atoms with Gasteiger partial charge in [0.2, 0.25) is 0 Å². The topological polar surface area (TPSA) is 74.4 Å². The summed E-state index contributed by atoms with van der Waals surface area (Å²) >= 11 is 0. The van der Waals surface area contributed by atoms with Crippen molar-refractivity contribution in [3.8, 4) is 5.75 Å². The first-order chi connectivity index (χ1) is 9.70. The van der Waals surface area contributed by atoms with Gasteiger partial charge in [0.25, 0.3) is 0 Å². The molecular weight excluding hydrogens is 256 g/mol. The minimum Gasteiger partial charge on any atom is -0.491 e. The van der Waals surface area contributed by atoms with Gasteiger partial charge in [0.1, 0.15) is 5.75 Å². The third-order valence-corrected chi connectivity index (χ3v) is 2.78. The Kier molecular flexibility index (Phi) is 4.55. The summed E-state index contributed by atoms with van der Waals surface area (Å²) in [6.07, 6.45) is 2.41. The molecule has 20 heavy (non-hydrogen) atoms. The summed E-state index contributed by atoms with van der Waals surface area (Å²) in [6, 6.07) is 10.5. The predicted octanol–water partition coefficient (Wildman–Crippen LogP) is 2.07. The standard InChI is InChI=1S/C15H16N2O3/c1-19-15(18)11-5-6-13(16)14(10-11)20-9-7-12-4-2-3-8-17-12/h2-6,8,10H,7,9,16H2,1H3. The molecule has 2 aromatic rings. The molecule has 0 unspecified atom stereocenters. The molecular formula is C15H16N2O3. The molecule has 0 aliphatic carbocycles. The monoisotopic (exact) mass is 272 g/mol. The van der Waals surface area contributed by atoms with Crippen LogP contribution in [-0.2, 0) is 11.2 Å². The van der Waals surface area contributed by atoms with Gasteiger partial charge in [-0.1, -0.05) is 6.07 Å². The fourth-order valence-corrected chi connectivity index (χ4v) is 1.72. The molecule has 0 radical (unpaired) electrons. The molecule has 0 spiro atoms. The normalized spacial score (nSPS) is 10.1. The highest BCUT2D eigenvalue weighted by Gasteiger charge is 2.09. The maximum absolute atomic E-state index is 11.4. The van der Waals surface area contributed by atoms with Gasteiger partial charge in [-0.05, 0) is 30.3 Å². The van der Waals surface area contributed by atoms with Gasteiger partial charge in [-0.3, -0.25) is 4.98 Å². The third-order valence-electron chi connectivity index (χ3n) is 2.78. The number of nitrogen functional groups attached to an aromatic ring is 1. The van der Waals surface area contributed by atoms with Crippen LogP contribution in [0.5, 0.6) is 5.75 Å². The zero-order valence-corrected chi connectivity index (χ0v) is 11.2. The minimum absolute atomic E-state index is 0.412. The van der Waals surface area contributed by atoms with E-state index in [1.807, 2.05) is 18.2 Å². The van der Waals surface area contributed by atoms with E-state index in [1.165, 1.54) is 7.11 Å². The Hall–Kier alpha value is -2.56. The van der Waals surface area contributed by atoms with Crippen molar-refractivity contribution < 1.29 is 14.3 Å². The van der Waals surface area contributed by atoms with E-state index in [0.29, 0.717) is 30.0 Å². The van der Waals surface area contributed by atoms with Crippen molar-refractivity contribution >= 4 is 11.7 Å². The van der Waals surface area contributed by atoms with E-state index in [-0.39, 0.29) is 0 Å². The molecule has 104 valence electrons. The summed E-state index contributed by atoms with van der Waals surface area (Å²) in [7, 11) is 1.33. The average molecular weight is 272 g/mol. The lowest BCUT2D eigenvalue weighted by Gasteiger charge is -2.10. The number of methoxy groups -OCH3 is 1. The second-order valence-corrected chi connectivity index (χ2v) is 4.16. The lowest BCUT2D eigenvalue weighted by Crippen LogP contribution is -2.07. The van der Waals surface area contributed by atoms with Gasteiger partial charge in [-0.2, -0.15) is 0 Å². The van der Waals surface area contributed by atoms with E-state index < -0.39 is 5.97 Å². The minimum atomic E-state index is -0.417. The van der Waals surface area contributed by atoms with Crippen molar-refractivity contribution in [1.82, 2.24) is 4.98 Å². The maximum atomic E-state index is 11.4. The first-order valence-electron chi connectivity index (χ1n) is 6.21. The Balaban J connectivity index is 2.00. The third kappa shape index (κ3) is 3.47. The van der Waals surface area contributed by atoms with Crippen LogP contribution in [0.2, 0.25) is 0 Å². The molecule has 1 aromatic carbocycles. The zero-order valence-electron chi connectivity index (χ0n) is 11.2. The Morgan fingerprint density at radius 3 is 2.85 bits per heavy atom. The first-order valence-corrected chi connectivity index (χ1v) is 6.21. The molecule has 0 aliphatic heterocycles. The van der Waals surface area contributed by atoms with Gasteiger partial charge < -0.3 is 15.2 Å². The number of ether oxygens (including phenoxy) is 2. The van der Waals surface area contributed by atoms with Crippen molar-refractivity contribution in [3.05, 3.63) is 53.9 Å². The summed E-state index contributed by atoms with van der Waals surface area (Å²) in [6.45, 7) is 0.436. The number of hydrogen-bond acceptors (Lipinski definition) is 5. The SMILES string of the molecule is COC(=O)c1ccc(N)c(OCCc2ccccn2)c1. The smallest absolute Gasteiger partial charge is 0.337 e. The lowest BCUT2D eigenvalue weighted by atomic mass is 10.2. The Labute approximate surface area is 117 Å². The van der Waals surface area contributed by atoms with Gasteiger partial charge in [0, 0.05) is 18.3 Å². The number of rotatable bonds is 5. The van der Waals surface area contributed by atoms with Crippen LogP contribution >= 0.6 is 0 Å². The van der Waals surface area contributed by atoms with E-state index in [4.69, 9.17) is 10.5 Å². The fraction of sp³-hybridized carbons (Fsp3) is 0.200. The summed E-state index contributed by atoms with van der Waals surface area (Å²) in [5.41, 5.74) is 7.65. The fourth-order valence-electron chi connectivity index (χ4n) is 1.72. The van der Waals surface area contributed by atoms with Crippen LogP contribution in [0, 0.1) is 0 Å². The van der Waals surface area contributed by atoms with Crippen LogP contribution in [0.1, 0.15) is 16.1 Å². The summed E-state index contributed by atoms with van der Waals surface area (Å²) in [5, 5.41) is 0. The van der Waals surface area contributed by atoms with Crippen LogP contribution in [0.25, 0.3) is 0 Å². The molecule has 0 fully saturated rings. The Bertz CT molecular complexity index is 585. The van der Waals surface area contributed by atoms with E-state index in [0.717, 1.165) is 5.69 Å². The highest BCUT2D eigenvalue weighted by molar-refractivity contribution is 5.90. The van der Waals surface area contributed by atoms with Crippen molar-refractivity contribution in [1.29, 1.82) is 0 Å². The van der Waals surface area contributed by atoms with E-state index in [9.17, 15) is 4.79 Å². The number of pyridine rings is 1. The summed E-state index contributed by atoms with van der Waals surface area (Å²) in [4.78, 5) is 15.6. The van der Waals surface area contributed by atoms with Gasteiger partial charge in [-0.15, -0.1) is 0 Å². The van der Waals surface area contributed by atoms with Crippen LogP contribution < -0.4 is 10.5 Å². The number of carbonyl (C=O) groups is 1. The van der Waals surface area contributed by atoms with Crippen molar-refractivity contribution in [3.63, 3.8) is 0 Å². The van der Waals surface area contributed by atoms with Crippen molar-refractivity contribution in [2.45, 2.75) is 6.42 Å². The highest BCUT2D eigenvalue weighted by Crippen LogP contribution is 2.23. The average Bonchev–Trinajstić information content (AvgIpc) is 2.49. The largest absolute Gasteiger partial charge is 0.491 e. The van der Waals surface area contributed by atoms with Crippen LogP contribution in [0.4, 0.5) is 5.69 Å². The number of nitrogens with zero attached hydrogens (tertiary/aromatic N) is 1. The molecule has 0 bridgehead atoms. The van der Waals surface area contributed by atoms with Gasteiger partial charge in [0.15, 0.2) is 0 Å². The number of carbonyl (C=O) groups excluding carboxylic acids is 1. The van der Waals surface area contributed by atoms with Crippen LogP contribution in [0.15, 0.2) is 42.6 Å². The van der Waals surface area contributed by atoms with Crippen LogP contribution in [-0.4, -0.2) is 24.7 Å². The molecule has 5 heteroatoms. The number of hydrogen-bond donors (Lipinski definition) is 1. The zero-order chi connectivity index (χ0) is 14.4. The predicted molar refractivity (Wildman–Crippen MR) is 75.6 cm³/mol. The first kappa shape index (κ1) is 13.9. The molecule has 2 N–H and O–H groups in total. The molecule has 1 aromatic heterocycles. The highest BCUT2D eigenvalue weighted by atomic mass is 16.5. The van der Waals surface area contributed by atoms with Crippen molar-refractivity contribution in [2.24, 2.45) is 0 Å². The number of anilines is 1. The molecule has 0 amide bonds. The molecule has 0 saturated heterocycles. The lowest BCUT2D eigenvalue weighted by molar-refractivity contribution is 0.0600. The number of nitrogens with two attached hydrogens (primary N) is 1. The molecule has 0 saturated carbocycles. The van der Waals surface area contributed by atoms with Crippen LogP contribution in [0.3, 0.4) is 0 Å². The Morgan fingerprint density at radius 1 is 1.30 bits per heavy atom. The van der Waals surface area contributed by atoms with E-state index >= 15 is 0 Å². The number of aromatic nitrogens is 1. The summed E-state index contributed by atoms with van der Waals surface area (Å²) < 4.78 is 10.3. The number of benzene rings is 1. The van der Waals surface area contributed by atoms with Gasteiger partial charge in [-0.25, -0.2) is 4.79 Å². The maximum Gasteiger partial charge on any atom is 0.337 e. The second-order valence-electron chi connectivity index (χ2n) is 4.16. The second kappa shape index (κ2) is 6.56. The summed E-state index contributed by atoms with van der Waals surface area (Å²) in [5.74, 6) is 0.0587.